The zero-order valence-corrected chi connectivity index (χ0v) is 17.8. The second-order valence-electron chi connectivity index (χ2n) is 7.28. The zero-order chi connectivity index (χ0) is 20.2. The monoisotopic (exact) mass is 431 g/mol. The number of nitrogens with zero attached hydrogens (tertiary/aromatic N) is 2. The molecule has 3 rings (SSSR count). The molecule has 28 heavy (non-hydrogen) atoms. The van der Waals surface area contributed by atoms with E-state index in [1.807, 2.05) is 6.92 Å². The van der Waals surface area contributed by atoms with Gasteiger partial charge in [0.15, 0.2) is 0 Å². The predicted molar refractivity (Wildman–Crippen MR) is 107 cm³/mol. The number of piperazine rings is 1. The van der Waals surface area contributed by atoms with Crippen molar-refractivity contribution in [2.45, 2.75) is 30.8 Å². The second-order valence-corrected chi connectivity index (χ2v) is 11.3. The van der Waals surface area contributed by atoms with Crippen LogP contribution < -0.4 is 5.32 Å². The lowest BCUT2D eigenvalue weighted by molar-refractivity contribution is 0.0947. The number of sulfonamides is 2. The van der Waals surface area contributed by atoms with E-state index in [1.165, 1.54) is 8.61 Å². The standard InChI is InChI=1S/C18H29N3O5S2/c1-16-4-6-18(7-5-16)28(24,25)21(15-17-3-2-13-26-17)12-14-27(22,23)20-10-8-19-9-11-20/h4-7,17,19H,2-3,8-15H2,1H3. The fourth-order valence-electron chi connectivity index (χ4n) is 3.45. The van der Waals surface area contributed by atoms with Crippen molar-refractivity contribution in [2.24, 2.45) is 0 Å². The van der Waals surface area contributed by atoms with E-state index in [0.717, 1.165) is 18.4 Å². The summed E-state index contributed by atoms with van der Waals surface area (Å²) in [5.41, 5.74) is 0.964. The first-order valence-corrected chi connectivity index (χ1v) is 12.7. The van der Waals surface area contributed by atoms with Gasteiger partial charge in [0.25, 0.3) is 0 Å². The summed E-state index contributed by atoms with van der Waals surface area (Å²) >= 11 is 0. The first-order chi connectivity index (χ1) is 13.3. The number of aryl methyl sites for hydroxylation is 1. The second kappa shape index (κ2) is 9.19. The first kappa shape index (κ1) is 21.7. The lowest BCUT2D eigenvalue weighted by atomic mass is 10.2. The molecule has 2 fully saturated rings. The topological polar surface area (TPSA) is 96.0 Å². The van der Waals surface area contributed by atoms with Crippen LogP contribution in [0, 0.1) is 6.92 Å². The van der Waals surface area contributed by atoms with Gasteiger partial charge in [-0.2, -0.15) is 8.61 Å². The number of hydrogen-bond donors (Lipinski definition) is 1. The van der Waals surface area contributed by atoms with Crippen molar-refractivity contribution in [3.05, 3.63) is 29.8 Å². The Hall–Kier alpha value is -1.04. The Balaban J connectivity index is 1.77. The number of rotatable bonds is 8. The molecule has 2 aliphatic heterocycles. The Morgan fingerprint density at radius 1 is 1.14 bits per heavy atom. The van der Waals surface area contributed by atoms with Crippen molar-refractivity contribution in [3.63, 3.8) is 0 Å². The SMILES string of the molecule is Cc1ccc(S(=O)(=O)N(CCS(=O)(=O)N2CCNCC2)CC2CCCO2)cc1. The minimum atomic E-state index is -3.80. The molecular weight excluding hydrogens is 402 g/mol. The summed E-state index contributed by atoms with van der Waals surface area (Å²) in [6.45, 7) is 4.65. The maximum absolute atomic E-state index is 13.2. The van der Waals surface area contributed by atoms with Crippen LogP contribution in [0.15, 0.2) is 29.2 Å². The van der Waals surface area contributed by atoms with Gasteiger partial charge in [-0.05, 0) is 31.9 Å². The van der Waals surface area contributed by atoms with Crippen molar-refractivity contribution in [1.29, 1.82) is 0 Å². The molecule has 1 unspecified atom stereocenters. The molecule has 158 valence electrons. The summed E-state index contributed by atoms with van der Waals surface area (Å²) in [6.07, 6.45) is 1.48. The Morgan fingerprint density at radius 2 is 1.82 bits per heavy atom. The van der Waals surface area contributed by atoms with Gasteiger partial charge >= 0.3 is 0 Å². The normalized spacial score (nSPS) is 22.0. The maximum Gasteiger partial charge on any atom is 0.243 e. The van der Waals surface area contributed by atoms with E-state index >= 15 is 0 Å². The molecule has 0 aromatic heterocycles. The molecule has 0 radical (unpaired) electrons. The number of ether oxygens (including phenoxy) is 1. The fourth-order valence-corrected chi connectivity index (χ4v) is 6.49. The summed E-state index contributed by atoms with van der Waals surface area (Å²) in [7, 11) is -7.32. The van der Waals surface area contributed by atoms with E-state index in [2.05, 4.69) is 5.32 Å². The van der Waals surface area contributed by atoms with Crippen molar-refractivity contribution >= 4 is 20.0 Å². The van der Waals surface area contributed by atoms with Crippen LogP contribution >= 0.6 is 0 Å². The molecule has 10 heteroatoms. The molecule has 8 nitrogen and oxygen atoms in total. The molecule has 1 N–H and O–H groups in total. The minimum absolute atomic E-state index is 0.0810. The Morgan fingerprint density at radius 3 is 2.43 bits per heavy atom. The predicted octanol–water partition coefficient (Wildman–Crippen LogP) is 0.400. The van der Waals surface area contributed by atoms with E-state index in [0.29, 0.717) is 32.8 Å². The van der Waals surface area contributed by atoms with Crippen molar-refractivity contribution in [1.82, 2.24) is 13.9 Å². The van der Waals surface area contributed by atoms with Crippen molar-refractivity contribution in [3.8, 4) is 0 Å². The van der Waals surface area contributed by atoms with Crippen LogP contribution in [0.25, 0.3) is 0 Å². The average Bonchev–Trinajstić information content (AvgIpc) is 3.19. The van der Waals surface area contributed by atoms with Gasteiger partial charge in [-0.25, -0.2) is 16.8 Å². The Labute approximate surface area is 168 Å². The molecule has 2 aliphatic rings. The van der Waals surface area contributed by atoms with Crippen LogP contribution in [-0.4, -0.2) is 83.2 Å². The van der Waals surface area contributed by atoms with Crippen LogP contribution in [0.2, 0.25) is 0 Å². The van der Waals surface area contributed by atoms with Crippen LogP contribution in [0.4, 0.5) is 0 Å². The molecule has 1 aromatic rings. The average molecular weight is 432 g/mol. The molecule has 1 aromatic carbocycles. The summed E-state index contributed by atoms with van der Waals surface area (Å²) in [5, 5.41) is 3.12. The van der Waals surface area contributed by atoms with Crippen LogP contribution in [0.1, 0.15) is 18.4 Å². The molecule has 0 saturated carbocycles. The largest absolute Gasteiger partial charge is 0.377 e. The van der Waals surface area contributed by atoms with Gasteiger partial charge in [0.2, 0.25) is 20.0 Å². The third kappa shape index (κ3) is 5.31. The Bertz CT molecular complexity index is 844. The molecule has 1 atom stereocenters. The van der Waals surface area contributed by atoms with Gasteiger partial charge in [0.1, 0.15) is 0 Å². The van der Waals surface area contributed by atoms with Crippen LogP contribution in [-0.2, 0) is 24.8 Å². The number of hydrogen-bond acceptors (Lipinski definition) is 6. The van der Waals surface area contributed by atoms with E-state index in [-0.39, 0.29) is 29.8 Å². The van der Waals surface area contributed by atoms with Gasteiger partial charge < -0.3 is 10.1 Å². The Kier molecular flexibility index (Phi) is 7.11. The summed E-state index contributed by atoms with van der Waals surface area (Å²) in [5.74, 6) is -0.231. The smallest absolute Gasteiger partial charge is 0.243 e. The molecule has 2 heterocycles. The first-order valence-electron chi connectivity index (χ1n) is 9.66. The lowest BCUT2D eigenvalue weighted by Crippen LogP contribution is -2.49. The summed E-state index contributed by atoms with van der Waals surface area (Å²) in [4.78, 5) is 0.177. The highest BCUT2D eigenvalue weighted by Crippen LogP contribution is 2.21. The van der Waals surface area contributed by atoms with Crippen molar-refractivity contribution < 1.29 is 21.6 Å². The molecule has 2 saturated heterocycles. The van der Waals surface area contributed by atoms with Gasteiger partial charge in [-0.1, -0.05) is 17.7 Å². The van der Waals surface area contributed by atoms with Gasteiger partial charge in [0, 0.05) is 45.9 Å². The molecule has 0 spiro atoms. The molecule has 0 aliphatic carbocycles. The van der Waals surface area contributed by atoms with Gasteiger partial charge in [-0.15, -0.1) is 0 Å². The highest BCUT2D eigenvalue weighted by atomic mass is 32.2. The summed E-state index contributed by atoms with van der Waals surface area (Å²) < 4.78 is 60.0. The van der Waals surface area contributed by atoms with Gasteiger partial charge in [0.05, 0.1) is 16.8 Å². The fraction of sp³-hybridized carbons (Fsp3) is 0.667. The maximum atomic E-state index is 13.2. The number of nitrogens with one attached hydrogen (secondary N) is 1. The van der Waals surface area contributed by atoms with Crippen LogP contribution in [0.3, 0.4) is 0 Å². The molecule has 0 bridgehead atoms. The third-order valence-corrected chi connectivity index (χ3v) is 8.89. The number of benzene rings is 1. The third-order valence-electron chi connectivity index (χ3n) is 5.16. The molecular formula is C18H29N3O5S2. The highest BCUT2D eigenvalue weighted by Gasteiger charge is 2.32. The van der Waals surface area contributed by atoms with E-state index in [9.17, 15) is 16.8 Å². The van der Waals surface area contributed by atoms with Crippen molar-refractivity contribution in [2.75, 3.05) is 51.6 Å². The van der Waals surface area contributed by atoms with Crippen LogP contribution in [0.5, 0.6) is 0 Å². The van der Waals surface area contributed by atoms with E-state index in [4.69, 9.17) is 4.74 Å². The van der Waals surface area contributed by atoms with Gasteiger partial charge in [-0.3, -0.25) is 0 Å². The summed E-state index contributed by atoms with van der Waals surface area (Å²) in [6, 6.07) is 6.62. The quantitative estimate of drug-likeness (QED) is 0.640. The zero-order valence-electron chi connectivity index (χ0n) is 16.2. The molecule has 0 amide bonds. The highest BCUT2D eigenvalue weighted by molar-refractivity contribution is 7.90. The lowest BCUT2D eigenvalue weighted by Gasteiger charge is -2.29. The van der Waals surface area contributed by atoms with E-state index in [1.54, 1.807) is 24.3 Å². The minimum Gasteiger partial charge on any atom is -0.377 e. The van der Waals surface area contributed by atoms with E-state index < -0.39 is 20.0 Å².